The van der Waals surface area contributed by atoms with Gasteiger partial charge in [0.15, 0.2) is 0 Å². The van der Waals surface area contributed by atoms with Crippen LogP contribution >= 0.6 is 7.60 Å². The van der Waals surface area contributed by atoms with E-state index < -0.39 is 7.60 Å². The number of hydrogen-bond donors (Lipinski definition) is 2. The molecular formula is C28H42N3O3P. The first-order valence-corrected chi connectivity index (χ1v) is 15.9. The molecule has 1 aromatic carbocycles. The van der Waals surface area contributed by atoms with E-state index in [1.165, 1.54) is 69.9 Å². The molecule has 2 aliphatic carbocycles. The molecule has 7 heteroatoms. The van der Waals surface area contributed by atoms with Crippen molar-refractivity contribution in [3.63, 3.8) is 0 Å². The van der Waals surface area contributed by atoms with Crippen LogP contribution in [0.1, 0.15) is 77.6 Å². The molecule has 0 aromatic heterocycles. The molecule has 4 fully saturated rings. The normalized spacial score (nSPS) is 37.5. The van der Waals surface area contributed by atoms with E-state index in [-0.39, 0.29) is 6.16 Å². The predicted molar refractivity (Wildman–Crippen MR) is 142 cm³/mol. The molecule has 0 radical (unpaired) electrons. The molecule has 2 saturated carbocycles. The van der Waals surface area contributed by atoms with Crippen LogP contribution in [0.25, 0.3) is 0 Å². The van der Waals surface area contributed by atoms with Crippen LogP contribution in [0.3, 0.4) is 0 Å². The summed E-state index contributed by atoms with van der Waals surface area (Å²) >= 11 is 0. The molecule has 6 nitrogen and oxygen atoms in total. The molecule has 7 atom stereocenters. The van der Waals surface area contributed by atoms with Crippen molar-refractivity contribution < 1.29 is 14.4 Å². The zero-order valence-corrected chi connectivity index (χ0v) is 22.0. The highest BCUT2D eigenvalue weighted by atomic mass is 31.2. The highest BCUT2D eigenvalue weighted by Gasteiger charge is 2.46. The predicted octanol–water partition coefficient (Wildman–Crippen LogP) is 5.75. The average molecular weight is 500 g/mol. The van der Waals surface area contributed by atoms with E-state index in [2.05, 4.69) is 34.9 Å². The lowest BCUT2D eigenvalue weighted by Gasteiger charge is -2.57. The highest BCUT2D eigenvalue weighted by Crippen LogP contribution is 2.48. The number of anilines is 1. The van der Waals surface area contributed by atoms with E-state index in [0.29, 0.717) is 31.1 Å². The number of benzene rings is 1. The fourth-order valence-corrected chi connectivity index (χ4v) is 9.21. The van der Waals surface area contributed by atoms with Gasteiger partial charge in [-0.15, -0.1) is 0 Å². The molecule has 2 N–H and O–H groups in total. The molecule has 3 unspecified atom stereocenters. The van der Waals surface area contributed by atoms with Crippen LogP contribution in [0.5, 0.6) is 0 Å². The fourth-order valence-electron chi connectivity index (χ4n) is 8.66. The second-order valence-electron chi connectivity index (χ2n) is 12.4. The summed E-state index contributed by atoms with van der Waals surface area (Å²) in [6.45, 7) is 3.17. The van der Waals surface area contributed by atoms with Gasteiger partial charge in [0.25, 0.3) is 0 Å². The summed E-state index contributed by atoms with van der Waals surface area (Å²) in [6, 6.07) is 11.0. The molecule has 0 amide bonds. The Hall–Kier alpha value is -1.20. The largest absolute Gasteiger partial charge is 0.361 e. The summed E-state index contributed by atoms with van der Waals surface area (Å²) in [5, 5.41) is 0. The van der Waals surface area contributed by atoms with Crippen molar-refractivity contribution in [1.82, 2.24) is 4.90 Å². The molecule has 1 aromatic rings. The quantitative estimate of drug-likeness (QED) is 0.505. The first-order valence-electron chi connectivity index (χ1n) is 14.1. The fraction of sp³-hybridized carbons (Fsp3) is 0.750. The Morgan fingerprint density at radius 2 is 1.60 bits per heavy atom. The maximum absolute atomic E-state index is 11.5. The Balaban J connectivity index is 1.20. The summed E-state index contributed by atoms with van der Waals surface area (Å²) < 4.78 is 11.5. The Bertz CT molecular complexity index is 977. The van der Waals surface area contributed by atoms with E-state index in [0.717, 1.165) is 35.2 Å². The van der Waals surface area contributed by atoms with Gasteiger partial charge in [0.2, 0.25) is 0 Å². The maximum atomic E-state index is 11.5. The molecule has 3 aliphatic heterocycles. The number of hydrogen-bond acceptors (Lipinski definition) is 4. The SMILES string of the molecule is CC1C[C@@H]2CC(N3[C@@H]4CCC[C@H]3CC(N3CC(CCP(=O)(O)O)=Nc5ccccc53)C4)C[C@H](C1)C2. The zero-order valence-electron chi connectivity index (χ0n) is 21.1. The number of nitrogens with zero attached hydrogens (tertiary/aromatic N) is 3. The summed E-state index contributed by atoms with van der Waals surface area (Å²) in [7, 11) is -4.03. The molecule has 6 rings (SSSR count). The third-order valence-corrected chi connectivity index (χ3v) is 10.5. The Kier molecular flexibility index (Phi) is 6.62. The smallest absolute Gasteiger partial charge is 0.325 e. The van der Waals surface area contributed by atoms with Gasteiger partial charge in [0.05, 0.1) is 24.1 Å². The van der Waals surface area contributed by atoms with E-state index in [9.17, 15) is 14.4 Å². The van der Waals surface area contributed by atoms with Crippen molar-refractivity contribution in [2.75, 3.05) is 17.6 Å². The van der Waals surface area contributed by atoms with E-state index >= 15 is 0 Å². The minimum atomic E-state index is -4.03. The zero-order chi connectivity index (χ0) is 24.2. The number of rotatable bonds is 5. The van der Waals surface area contributed by atoms with Gasteiger partial charge in [-0.05, 0) is 94.1 Å². The van der Waals surface area contributed by atoms with Crippen LogP contribution in [-0.2, 0) is 4.57 Å². The van der Waals surface area contributed by atoms with Crippen molar-refractivity contribution >= 4 is 24.7 Å². The van der Waals surface area contributed by atoms with Crippen molar-refractivity contribution in [2.45, 2.75) is 102 Å². The monoisotopic (exact) mass is 499 g/mol. The van der Waals surface area contributed by atoms with E-state index in [1.807, 2.05) is 6.07 Å². The minimum Gasteiger partial charge on any atom is -0.361 e. The lowest BCUT2D eigenvalue weighted by molar-refractivity contribution is -0.0451. The molecule has 35 heavy (non-hydrogen) atoms. The second kappa shape index (κ2) is 9.59. The van der Waals surface area contributed by atoms with Crippen LogP contribution in [0.4, 0.5) is 11.4 Å². The van der Waals surface area contributed by atoms with Gasteiger partial charge in [0.1, 0.15) is 0 Å². The van der Waals surface area contributed by atoms with Crippen LogP contribution in [0, 0.1) is 17.8 Å². The first kappa shape index (κ1) is 24.2. The van der Waals surface area contributed by atoms with Gasteiger partial charge in [-0.25, -0.2) is 0 Å². The number of aliphatic imine (C=N–C) groups is 1. The van der Waals surface area contributed by atoms with Gasteiger partial charge in [-0.1, -0.05) is 25.5 Å². The van der Waals surface area contributed by atoms with Gasteiger partial charge in [0, 0.05) is 29.9 Å². The summed E-state index contributed by atoms with van der Waals surface area (Å²) in [5.74, 6) is 2.82. The standard InChI is InChI=1S/C28H42N3O3P/c1-19-11-20-13-21(12-19)15-26(14-20)31-23-5-4-6-24(31)17-25(16-23)30-18-22(9-10-35(32,33)34)29-27-7-2-3-8-28(27)30/h2-3,7-8,19-21,23-26H,4-6,9-18H2,1H3,(H2,32,33,34)/t19?,20-,21+,23-,24+,25?,26?. The topological polar surface area (TPSA) is 76.4 Å². The van der Waals surface area contributed by atoms with Crippen molar-refractivity contribution in [3.8, 4) is 0 Å². The third-order valence-electron chi connectivity index (χ3n) is 9.73. The number of para-hydroxylation sites is 2. The van der Waals surface area contributed by atoms with E-state index in [1.54, 1.807) is 0 Å². The maximum Gasteiger partial charge on any atom is 0.325 e. The molecule has 2 saturated heterocycles. The van der Waals surface area contributed by atoms with Crippen molar-refractivity contribution in [1.29, 1.82) is 0 Å². The third kappa shape index (κ3) is 5.14. The number of fused-ring (bicyclic) bond motifs is 5. The number of piperidine rings is 2. The van der Waals surface area contributed by atoms with Crippen molar-refractivity contribution in [2.24, 2.45) is 22.7 Å². The molecule has 4 bridgehead atoms. The minimum absolute atomic E-state index is 0.117. The van der Waals surface area contributed by atoms with Gasteiger partial charge >= 0.3 is 7.60 Å². The van der Waals surface area contributed by atoms with Crippen LogP contribution in [-0.4, -0.2) is 57.3 Å². The van der Waals surface area contributed by atoms with Crippen LogP contribution < -0.4 is 4.90 Å². The molecule has 0 spiro atoms. The van der Waals surface area contributed by atoms with Gasteiger partial charge in [-0.3, -0.25) is 14.5 Å². The summed E-state index contributed by atoms with van der Waals surface area (Å²) in [4.78, 5) is 29.2. The highest BCUT2D eigenvalue weighted by molar-refractivity contribution is 7.51. The van der Waals surface area contributed by atoms with Gasteiger partial charge in [-0.2, -0.15) is 0 Å². The van der Waals surface area contributed by atoms with Crippen molar-refractivity contribution in [3.05, 3.63) is 24.3 Å². The molecule has 192 valence electrons. The van der Waals surface area contributed by atoms with Crippen LogP contribution in [0.2, 0.25) is 0 Å². The Labute approximate surface area is 210 Å². The molecule has 5 aliphatic rings. The molecular weight excluding hydrogens is 457 g/mol. The second-order valence-corrected chi connectivity index (χ2v) is 14.2. The lowest BCUT2D eigenvalue weighted by Crippen LogP contribution is -2.62. The molecule has 3 heterocycles. The van der Waals surface area contributed by atoms with E-state index in [4.69, 9.17) is 4.99 Å². The first-order chi connectivity index (χ1) is 16.8. The Morgan fingerprint density at radius 3 is 2.29 bits per heavy atom. The van der Waals surface area contributed by atoms with Gasteiger partial charge < -0.3 is 14.7 Å². The van der Waals surface area contributed by atoms with Crippen LogP contribution in [0.15, 0.2) is 29.3 Å². The Morgan fingerprint density at radius 1 is 0.914 bits per heavy atom. The summed E-state index contributed by atoms with van der Waals surface area (Å²) in [5.41, 5.74) is 3.07. The summed E-state index contributed by atoms with van der Waals surface area (Å²) in [6.07, 6.45) is 13.9. The average Bonchev–Trinajstić information content (AvgIpc) is 2.80. The lowest BCUT2D eigenvalue weighted by atomic mass is 9.65.